The van der Waals surface area contributed by atoms with Crippen LogP contribution in [-0.4, -0.2) is 56.1 Å². The summed E-state index contributed by atoms with van der Waals surface area (Å²) in [7, 11) is 0. The predicted octanol–water partition coefficient (Wildman–Crippen LogP) is 3.42. The molecule has 1 amide bonds. The molecule has 1 aromatic rings. The summed E-state index contributed by atoms with van der Waals surface area (Å²) in [5.41, 5.74) is 3.39. The van der Waals surface area contributed by atoms with Gasteiger partial charge in [-0.25, -0.2) is 0 Å². The third kappa shape index (κ3) is 7.77. The van der Waals surface area contributed by atoms with Gasteiger partial charge in [0.1, 0.15) is 6.10 Å². The average molecular weight is 516 g/mol. The van der Waals surface area contributed by atoms with Crippen LogP contribution in [0.3, 0.4) is 0 Å². The summed E-state index contributed by atoms with van der Waals surface area (Å²) in [4.78, 5) is 19.0. The molecule has 1 fully saturated rings. The van der Waals surface area contributed by atoms with Crippen LogP contribution in [-0.2, 0) is 9.53 Å². The normalized spacial score (nSPS) is 17.5. The molecule has 1 aliphatic rings. The van der Waals surface area contributed by atoms with Crippen LogP contribution in [0.1, 0.15) is 50.5 Å². The molecule has 1 atom stereocenters. The summed E-state index contributed by atoms with van der Waals surface area (Å²) in [6, 6.07) is 6.52. The van der Waals surface area contributed by atoms with Crippen LogP contribution in [0.5, 0.6) is 0 Å². The number of ether oxygens (including phenoxy) is 1. The van der Waals surface area contributed by atoms with Crippen molar-refractivity contribution in [3.63, 3.8) is 0 Å². The molecule has 0 bridgehead atoms. The maximum absolute atomic E-state index is 12.0. The van der Waals surface area contributed by atoms with E-state index in [4.69, 9.17) is 9.73 Å². The average Bonchev–Trinajstić information content (AvgIpc) is 2.63. The Hall–Kier alpha value is -1.35. The zero-order chi connectivity index (χ0) is 20.7. The Morgan fingerprint density at radius 2 is 2.00 bits per heavy atom. The number of hydrogen-bond acceptors (Lipinski definition) is 3. The molecule has 2 rings (SSSR count). The fourth-order valence-electron chi connectivity index (χ4n) is 3.24. The number of aryl methyl sites for hydroxylation is 2. The van der Waals surface area contributed by atoms with Gasteiger partial charge in [-0.15, -0.1) is 24.0 Å². The Morgan fingerprint density at radius 3 is 2.62 bits per heavy atom. The van der Waals surface area contributed by atoms with Crippen molar-refractivity contribution in [1.29, 1.82) is 0 Å². The van der Waals surface area contributed by atoms with Crippen LogP contribution >= 0.6 is 24.0 Å². The first-order valence-corrected chi connectivity index (χ1v) is 10.2. The van der Waals surface area contributed by atoms with Crippen molar-refractivity contribution in [1.82, 2.24) is 15.5 Å². The van der Waals surface area contributed by atoms with Gasteiger partial charge in [0.15, 0.2) is 5.96 Å². The molecule has 1 saturated heterocycles. The number of nitrogens with one attached hydrogen (secondary N) is 2. The number of morpholine rings is 1. The number of carbonyl (C=O) groups excluding carboxylic acids is 1. The number of halogens is 1. The molecule has 0 aromatic heterocycles. The van der Waals surface area contributed by atoms with Crippen LogP contribution < -0.4 is 10.6 Å². The van der Waals surface area contributed by atoms with Crippen molar-refractivity contribution < 1.29 is 9.53 Å². The summed E-state index contributed by atoms with van der Waals surface area (Å²) in [6.07, 6.45) is 0.0406. The standard InChI is InChI=1S/C22H36N4O2.HI/c1-7-23-21(25-11-10-24-20(27)22(4,5)6)26-12-13-28-19(15-26)18-9-8-16(2)14-17(18)3;/h8-9,14,19H,7,10-13,15H2,1-6H3,(H,23,25)(H,24,27);1H. The second-order valence-corrected chi connectivity index (χ2v) is 8.41. The molecule has 29 heavy (non-hydrogen) atoms. The molecular weight excluding hydrogens is 479 g/mol. The zero-order valence-corrected chi connectivity index (χ0v) is 21.0. The maximum Gasteiger partial charge on any atom is 0.225 e. The lowest BCUT2D eigenvalue weighted by molar-refractivity contribution is -0.128. The molecule has 1 aliphatic heterocycles. The monoisotopic (exact) mass is 516 g/mol. The number of benzene rings is 1. The van der Waals surface area contributed by atoms with E-state index in [9.17, 15) is 4.79 Å². The highest BCUT2D eigenvalue weighted by Crippen LogP contribution is 2.25. The Morgan fingerprint density at radius 1 is 1.28 bits per heavy atom. The smallest absolute Gasteiger partial charge is 0.225 e. The number of aliphatic imine (C=N–C) groups is 1. The van der Waals surface area contributed by atoms with E-state index in [-0.39, 0.29) is 41.4 Å². The van der Waals surface area contributed by atoms with Crippen LogP contribution in [0.4, 0.5) is 0 Å². The van der Waals surface area contributed by atoms with E-state index in [0.29, 0.717) is 19.7 Å². The van der Waals surface area contributed by atoms with Crippen LogP contribution in [0, 0.1) is 19.3 Å². The summed E-state index contributed by atoms with van der Waals surface area (Å²) in [5, 5.41) is 6.33. The first-order chi connectivity index (χ1) is 13.2. The largest absolute Gasteiger partial charge is 0.370 e. The molecule has 0 radical (unpaired) electrons. The molecule has 1 aromatic carbocycles. The second-order valence-electron chi connectivity index (χ2n) is 8.41. The molecule has 1 unspecified atom stereocenters. The summed E-state index contributed by atoms with van der Waals surface area (Å²) < 4.78 is 6.06. The Labute approximate surface area is 192 Å². The van der Waals surface area contributed by atoms with Gasteiger partial charge < -0.3 is 20.3 Å². The maximum atomic E-state index is 12.0. The number of carbonyl (C=O) groups is 1. The predicted molar refractivity (Wildman–Crippen MR) is 130 cm³/mol. The molecule has 0 saturated carbocycles. The van der Waals surface area contributed by atoms with E-state index in [1.54, 1.807) is 0 Å². The van der Waals surface area contributed by atoms with Gasteiger partial charge in [0.05, 0.1) is 19.7 Å². The van der Waals surface area contributed by atoms with Gasteiger partial charge in [-0.05, 0) is 31.9 Å². The lowest BCUT2D eigenvalue weighted by Crippen LogP contribution is -2.48. The number of rotatable bonds is 5. The molecule has 1 heterocycles. The van der Waals surface area contributed by atoms with E-state index in [1.807, 2.05) is 20.8 Å². The molecule has 164 valence electrons. The van der Waals surface area contributed by atoms with Gasteiger partial charge in [0.25, 0.3) is 0 Å². The van der Waals surface area contributed by atoms with E-state index in [2.05, 4.69) is 54.5 Å². The van der Waals surface area contributed by atoms with Crippen LogP contribution in [0.25, 0.3) is 0 Å². The molecular formula is C22H37IN4O2. The molecule has 7 heteroatoms. The summed E-state index contributed by atoms with van der Waals surface area (Å²) >= 11 is 0. The Balaban J connectivity index is 0.00000420. The third-order valence-corrected chi connectivity index (χ3v) is 4.81. The minimum absolute atomic E-state index is 0. The van der Waals surface area contributed by atoms with Crippen molar-refractivity contribution in [2.45, 2.75) is 47.6 Å². The van der Waals surface area contributed by atoms with Gasteiger partial charge >= 0.3 is 0 Å². The Bertz CT molecular complexity index is 701. The lowest BCUT2D eigenvalue weighted by Gasteiger charge is -2.36. The molecule has 6 nitrogen and oxygen atoms in total. The van der Waals surface area contributed by atoms with Gasteiger partial charge in [0, 0.05) is 25.0 Å². The van der Waals surface area contributed by atoms with Gasteiger partial charge in [-0.3, -0.25) is 9.79 Å². The van der Waals surface area contributed by atoms with Crippen molar-refractivity contribution in [2.24, 2.45) is 10.4 Å². The minimum Gasteiger partial charge on any atom is -0.370 e. The highest BCUT2D eigenvalue weighted by atomic mass is 127. The number of hydrogen-bond donors (Lipinski definition) is 2. The first kappa shape index (κ1) is 25.7. The van der Waals surface area contributed by atoms with Crippen LogP contribution in [0.2, 0.25) is 0 Å². The molecule has 0 aliphatic carbocycles. The minimum atomic E-state index is -0.377. The van der Waals surface area contributed by atoms with E-state index in [0.717, 1.165) is 25.6 Å². The fourth-order valence-corrected chi connectivity index (χ4v) is 3.24. The Kier molecular flexibility index (Phi) is 10.4. The second kappa shape index (κ2) is 11.7. The van der Waals surface area contributed by atoms with Crippen molar-refractivity contribution in [3.8, 4) is 0 Å². The topological polar surface area (TPSA) is 66.0 Å². The van der Waals surface area contributed by atoms with Crippen molar-refractivity contribution in [3.05, 3.63) is 34.9 Å². The number of guanidine groups is 1. The van der Waals surface area contributed by atoms with E-state index in [1.165, 1.54) is 16.7 Å². The van der Waals surface area contributed by atoms with E-state index < -0.39 is 0 Å². The molecule has 0 spiro atoms. The fraction of sp³-hybridized carbons (Fsp3) is 0.636. The van der Waals surface area contributed by atoms with Gasteiger partial charge in [-0.2, -0.15) is 0 Å². The van der Waals surface area contributed by atoms with Crippen molar-refractivity contribution >= 4 is 35.8 Å². The first-order valence-electron chi connectivity index (χ1n) is 10.2. The lowest BCUT2D eigenvalue weighted by atomic mass is 9.96. The number of nitrogens with zero attached hydrogens (tertiary/aromatic N) is 2. The van der Waals surface area contributed by atoms with Gasteiger partial charge in [-0.1, -0.05) is 44.5 Å². The molecule has 2 N–H and O–H groups in total. The van der Waals surface area contributed by atoms with Crippen LogP contribution in [0.15, 0.2) is 23.2 Å². The summed E-state index contributed by atoms with van der Waals surface area (Å²) in [6.45, 7) is 16.2. The highest BCUT2D eigenvalue weighted by Gasteiger charge is 2.25. The van der Waals surface area contributed by atoms with Crippen molar-refractivity contribution in [2.75, 3.05) is 39.3 Å². The zero-order valence-electron chi connectivity index (χ0n) is 18.7. The van der Waals surface area contributed by atoms with E-state index >= 15 is 0 Å². The summed E-state index contributed by atoms with van der Waals surface area (Å²) in [5.74, 6) is 0.930. The number of amides is 1. The SMILES string of the molecule is CCNC(=NCCNC(=O)C(C)(C)C)N1CCOC(c2ccc(C)cc2C)C1.I. The van der Waals surface area contributed by atoms with Gasteiger partial charge in [0.2, 0.25) is 5.91 Å². The third-order valence-electron chi connectivity index (χ3n) is 4.81. The quantitative estimate of drug-likeness (QED) is 0.273. The highest BCUT2D eigenvalue weighted by molar-refractivity contribution is 14.0.